The molecule has 0 saturated heterocycles. The lowest BCUT2D eigenvalue weighted by molar-refractivity contribution is -0.125. The topological polar surface area (TPSA) is 49.8 Å². The van der Waals surface area contributed by atoms with Crippen LogP contribution in [0.2, 0.25) is 0 Å². The molecule has 1 aromatic rings. The van der Waals surface area contributed by atoms with Gasteiger partial charge in [-0.3, -0.25) is 4.79 Å². The van der Waals surface area contributed by atoms with Gasteiger partial charge >= 0.3 is 0 Å². The number of aliphatic hydroxyl groups is 1. The zero-order valence-electron chi connectivity index (χ0n) is 10.3. The van der Waals surface area contributed by atoms with Gasteiger partial charge in [-0.2, -0.15) is 0 Å². The van der Waals surface area contributed by atoms with Crippen LogP contribution in [0.15, 0.2) is 18.2 Å². The molecule has 0 saturated carbocycles. The fraction of sp³-hybridized carbons (Fsp3) is 0.462. The maximum atomic E-state index is 11.8. The number of rotatable bonds is 2. The van der Waals surface area contributed by atoms with E-state index in [0.717, 1.165) is 11.3 Å². The molecule has 2 atom stereocenters. The molecular weight excluding hydrogens is 218 g/mol. The minimum absolute atomic E-state index is 0.0497. The molecule has 0 aromatic heterocycles. The summed E-state index contributed by atoms with van der Waals surface area (Å²) in [5, 5.41) is 9.14. The number of likely N-dealkylation sites (N-methyl/N-ethyl adjacent to an activating group) is 1. The molecule has 0 spiro atoms. The van der Waals surface area contributed by atoms with Gasteiger partial charge in [0.25, 0.3) is 5.91 Å². The van der Waals surface area contributed by atoms with Gasteiger partial charge in [0.15, 0.2) is 6.10 Å². The number of ether oxygens (including phenoxy) is 1. The largest absolute Gasteiger partial charge is 0.479 e. The number of hydrogen-bond acceptors (Lipinski definition) is 3. The lowest BCUT2D eigenvalue weighted by Crippen LogP contribution is -2.42. The van der Waals surface area contributed by atoms with Crippen molar-refractivity contribution in [3.05, 3.63) is 23.8 Å². The second kappa shape index (κ2) is 4.37. The van der Waals surface area contributed by atoms with Crippen molar-refractivity contribution in [3.8, 4) is 5.75 Å². The molecule has 1 aliphatic heterocycles. The quantitative estimate of drug-likeness (QED) is 0.845. The Kier molecular flexibility index (Phi) is 3.07. The summed E-state index contributed by atoms with van der Waals surface area (Å²) in [6.45, 7) is 3.77. The van der Waals surface area contributed by atoms with E-state index in [0.29, 0.717) is 5.75 Å². The lowest BCUT2D eigenvalue weighted by Gasteiger charge is -2.31. The van der Waals surface area contributed by atoms with Crippen molar-refractivity contribution >= 4 is 11.6 Å². The summed E-state index contributed by atoms with van der Waals surface area (Å²) in [5.74, 6) is 0.725. The summed E-state index contributed by atoms with van der Waals surface area (Å²) in [5.41, 5.74) is 1.77. The van der Waals surface area contributed by atoms with E-state index in [-0.39, 0.29) is 18.4 Å². The smallest absolute Gasteiger partial charge is 0.267 e. The number of nitrogens with zero attached hydrogens (tertiary/aromatic N) is 1. The SMILES string of the molecule is CC1Oc2ccc(C(C)CO)cc2N(C)C1=O. The Bertz CT molecular complexity index is 444. The highest BCUT2D eigenvalue weighted by Gasteiger charge is 2.29. The first-order valence-electron chi connectivity index (χ1n) is 5.73. The van der Waals surface area contributed by atoms with Crippen LogP contribution in [-0.4, -0.2) is 30.8 Å². The number of carbonyl (C=O) groups is 1. The molecule has 1 aromatic carbocycles. The Labute approximate surface area is 101 Å². The first-order chi connectivity index (χ1) is 8.04. The van der Waals surface area contributed by atoms with E-state index in [1.54, 1.807) is 18.9 Å². The predicted molar refractivity (Wildman–Crippen MR) is 65.4 cm³/mol. The molecule has 2 rings (SSSR count). The first-order valence-corrected chi connectivity index (χ1v) is 5.73. The third kappa shape index (κ3) is 2.00. The van der Waals surface area contributed by atoms with Crippen LogP contribution in [0.25, 0.3) is 0 Å². The van der Waals surface area contributed by atoms with Crippen molar-refractivity contribution in [1.29, 1.82) is 0 Å². The average Bonchev–Trinajstić information content (AvgIpc) is 2.35. The van der Waals surface area contributed by atoms with Gasteiger partial charge < -0.3 is 14.7 Å². The van der Waals surface area contributed by atoms with Crippen LogP contribution < -0.4 is 9.64 Å². The molecule has 0 aliphatic carbocycles. The Morgan fingerprint density at radius 1 is 1.53 bits per heavy atom. The molecule has 1 amide bonds. The summed E-state index contributed by atoms with van der Waals surface area (Å²) in [6.07, 6.45) is -0.436. The number of fused-ring (bicyclic) bond motifs is 1. The summed E-state index contributed by atoms with van der Waals surface area (Å²) >= 11 is 0. The van der Waals surface area contributed by atoms with Crippen molar-refractivity contribution in [2.45, 2.75) is 25.9 Å². The number of benzene rings is 1. The first kappa shape index (κ1) is 11.9. The van der Waals surface area contributed by atoms with Crippen LogP contribution in [0.3, 0.4) is 0 Å². The highest BCUT2D eigenvalue weighted by Crippen LogP contribution is 2.35. The van der Waals surface area contributed by atoms with Gasteiger partial charge in [0, 0.05) is 19.6 Å². The Balaban J connectivity index is 2.42. The molecule has 2 unspecified atom stereocenters. The van der Waals surface area contributed by atoms with E-state index in [1.165, 1.54) is 0 Å². The Morgan fingerprint density at radius 2 is 2.24 bits per heavy atom. The number of carbonyl (C=O) groups excluding carboxylic acids is 1. The van der Waals surface area contributed by atoms with Crippen LogP contribution in [0.5, 0.6) is 5.75 Å². The van der Waals surface area contributed by atoms with Crippen LogP contribution in [0.1, 0.15) is 25.3 Å². The van der Waals surface area contributed by atoms with E-state index in [1.807, 2.05) is 25.1 Å². The number of hydrogen-bond donors (Lipinski definition) is 1. The zero-order chi connectivity index (χ0) is 12.6. The number of aliphatic hydroxyl groups excluding tert-OH is 1. The van der Waals surface area contributed by atoms with Crippen molar-refractivity contribution < 1.29 is 14.6 Å². The molecule has 4 nitrogen and oxygen atoms in total. The van der Waals surface area contributed by atoms with Crippen LogP contribution in [0, 0.1) is 0 Å². The lowest BCUT2D eigenvalue weighted by atomic mass is 10.0. The van der Waals surface area contributed by atoms with E-state index in [4.69, 9.17) is 9.84 Å². The van der Waals surface area contributed by atoms with Crippen molar-refractivity contribution in [2.24, 2.45) is 0 Å². The molecule has 0 radical (unpaired) electrons. The van der Waals surface area contributed by atoms with Crippen LogP contribution in [-0.2, 0) is 4.79 Å². The summed E-state index contributed by atoms with van der Waals surface area (Å²) in [7, 11) is 1.74. The van der Waals surface area contributed by atoms with Gasteiger partial charge in [-0.25, -0.2) is 0 Å². The maximum Gasteiger partial charge on any atom is 0.267 e. The summed E-state index contributed by atoms with van der Waals surface area (Å²) in [6, 6.07) is 5.69. The standard InChI is InChI=1S/C13H17NO3/c1-8(7-15)10-4-5-12-11(6-10)14(3)13(16)9(2)17-12/h4-6,8-9,15H,7H2,1-3H3. The second-order valence-corrected chi connectivity index (χ2v) is 4.47. The van der Waals surface area contributed by atoms with Crippen molar-refractivity contribution in [2.75, 3.05) is 18.6 Å². The fourth-order valence-electron chi connectivity index (χ4n) is 1.94. The van der Waals surface area contributed by atoms with E-state index in [9.17, 15) is 4.79 Å². The normalized spacial score (nSPS) is 20.8. The van der Waals surface area contributed by atoms with Crippen molar-refractivity contribution in [3.63, 3.8) is 0 Å². The summed E-state index contributed by atoms with van der Waals surface area (Å²) < 4.78 is 5.53. The van der Waals surface area contributed by atoms with Gasteiger partial charge in [-0.05, 0) is 24.6 Å². The minimum atomic E-state index is -0.436. The van der Waals surface area contributed by atoms with Gasteiger partial charge in [-0.1, -0.05) is 13.0 Å². The van der Waals surface area contributed by atoms with Gasteiger partial charge in [0.2, 0.25) is 0 Å². The molecular formula is C13H17NO3. The Hall–Kier alpha value is -1.55. The molecule has 4 heteroatoms. The fourth-order valence-corrected chi connectivity index (χ4v) is 1.94. The molecule has 0 bridgehead atoms. The minimum Gasteiger partial charge on any atom is -0.479 e. The molecule has 1 aliphatic rings. The number of anilines is 1. The third-order valence-corrected chi connectivity index (χ3v) is 3.17. The molecule has 1 N–H and O–H groups in total. The van der Waals surface area contributed by atoms with E-state index >= 15 is 0 Å². The van der Waals surface area contributed by atoms with Crippen molar-refractivity contribution in [1.82, 2.24) is 0 Å². The van der Waals surface area contributed by atoms with Gasteiger partial charge in [0.1, 0.15) is 5.75 Å². The molecule has 17 heavy (non-hydrogen) atoms. The van der Waals surface area contributed by atoms with Gasteiger partial charge in [-0.15, -0.1) is 0 Å². The van der Waals surface area contributed by atoms with Gasteiger partial charge in [0.05, 0.1) is 5.69 Å². The maximum absolute atomic E-state index is 11.8. The molecule has 92 valence electrons. The predicted octanol–water partition coefficient (Wildman–Crippen LogP) is 1.53. The highest BCUT2D eigenvalue weighted by molar-refractivity contribution is 5.99. The summed E-state index contributed by atoms with van der Waals surface area (Å²) in [4.78, 5) is 13.4. The van der Waals surface area contributed by atoms with Crippen LogP contribution in [0.4, 0.5) is 5.69 Å². The third-order valence-electron chi connectivity index (χ3n) is 3.17. The highest BCUT2D eigenvalue weighted by atomic mass is 16.5. The number of amides is 1. The second-order valence-electron chi connectivity index (χ2n) is 4.47. The van der Waals surface area contributed by atoms with E-state index < -0.39 is 6.10 Å². The monoisotopic (exact) mass is 235 g/mol. The Morgan fingerprint density at radius 3 is 2.88 bits per heavy atom. The molecule has 0 fully saturated rings. The van der Waals surface area contributed by atoms with E-state index in [2.05, 4.69) is 0 Å². The van der Waals surface area contributed by atoms with Crippen LogP contribution >= 0.6 is 0 Å². The molecule has 1 heterocycles. The average molecular weight is 235 g/mol. The zero-order valence-corrected chi connectivity index (χ0v) is 10.3.